The van der Waals surface area contributed by atoms with Gasteiger partial charge in [-0.3, -0.25) is 0 Å². The Morgan fingerprint density at radius 3 is 2.38 bits per heavy atom. The van der Waals surface area contributed by atoms with Gasteiger partial charge >= 0.3 is 6.03 Å². The van der Waals surface area contributed by atoms with Crippen molar-refractivity contribution in [2.75, 3.05) is 26.7 Å². The second-order valence-corrected chi connectivity index (χ2v) is 9.20. The molecule has 3 fully saturated rings. The summed E-state index contributed by atoms with van der Waals surface area (Å²) >= 11 is 0. The molecule has 0 radical (unpaired) electrons. The molecule has 0 unspecified atom stereocenters. The summed E-state index contributed by atoms with van der Waals surface area (Å²) in [4.78, 5) is 17.0. The number of nitrogens with zero attached hydrogens (tertiary/aromatic N) is 3. The van der Waals surface area contributed by atoms with Gasteiger partial charge in [0.05, 0.1) is 30.2 Å². The van der Waals surface area contributed by atoms with E-state index in [0.717, 1.165) is 44.9 Å². The molecule has 1 heterocycles. The van der Waals surface area contributed by atoms with Crippen LogP contribution >= 0.6 is 0 Å². The molecular weight excluding hydrogens is 364 g/mol. The fourth-order valence-electron chi connectivity index (χ4n) is 5.52. The van der Waals surface area contributed by atoms with Crippen molar-refractivity contribution in [2.45, 2.75) is 68.0 Å². The SMILES string of the molecule is CN[C@]1(c2ccccc2)CC[C@]2(CC1)CN(CCC#N)C(=O)N2CC1(O)CCC1. The number of benzene rings is 1. The first-order valence-electron chi connectivity index (χ1n) is 10.9. The first-order chi connectivity index (χ1) is 14.0. The molecule has 6 heteroatoms. The van der Waals surface area contributed by atoms with Gasteiger partial charge in [-0.15, -0.1) is 0 Å². The molecule has 2 amide bonds. The van der Waals surface area contributed by atoms with Crippen LogP contribution in [-0.4, -0.2) is 58.8 Å². The van der Waals surface area contributed by atoms with Crippen LogP contribution in [0.1, 0.15) is 56.9 Å². The fourth-order valence-corrected chi connectivity index (χ4v) is 5.52. The smallest absolute Gasteiger partial charge is 0.320 e. The van der Waals surface area contributed by atoms with E-state index in [1.54, 1.807) is 0 Å². The van der Waals surface area contributed by atoms with E-state index in [-0.39, 0.29) is 17.1 Å². The van der Waals surface area contributed by atoms with E-state index < -0.39 is 5.60 Å². The second-order valence-electron chi connectivity index (χ2n) is 9.20. The monoisotopic (exact) mass is 396 g/mol. The summed E-state index contributed by atoms with van der Waals surface area (Å²) in [6.07, 6.45) is 6.61. The number of urea groups is 1. The zero-order valence-corrected chi connectivity index (χ0v) is 17.4. The minimum absolute atomic E-state index is 0.00255. The fraction of sp³-hybridized carbons (Fsp3) is 0.652. The molecule has 1 aromatic carbocycles. The standard InChI is InChI=1S/C23H32N4O2/c1-25-23(19-7-3-2-4-8-19)13-11-21(12-14-23)17-26(16-6-15-24)20(28)27(21)18-22(29)9-5-10-22/h2-4,7-8,25,29H,5-6,9-14,16-18H2,1H3/t21-,23+. The lowest BCUT2D eigenvalue weighted by atomic mass is 9.68. The van der Waals surface area contributed by atoms with Crippen molar-refractivity contribution in [2.24, 2.45) is 0 Å². The summed E-state index contributed by atoms with van der Waals surface area (Å²) in [6, 6.07) is 12.7. The minimum Gasteiger partial charge on any atom is -0.388 e. The van der Waals surface area contributed by atoms with Crippen molar-refractivity contribution in [3.63, 3.8) is 0 Å². The Morgan fingerprint density at radius 2 is 1.83 bits per heavy atom. The van der Waals surface area contributed by atoms with Crippen molar-refractivity contribution in [3.8, 4) is 6.07 Å². The Bertz CT molecular complexity index is 776. The number of carbonyl (C=O) groups is 1. The van der Waals surface area contributed by atoms with E-state index in [0.29, 0.717) is 26.1 Å². The Kier molecular flexibility index (Phi) is 5.30. The predicted molar refractivity (Wildman–Crippen MR) is 111 cm³/mol. The van der Waals surface area contributed by atoms with Gasteiger partial charge in [-0.1, -0.05) is 30.3 Å². The van der Waals surface area contributed by atoms with Crippen LogP contribution in [0.3, 0.4) is 0 Å². The van der Waals surface area contributed by atoms with E-state index in [2.05, 4.69) is 35.7 Å². The lowest BCUT2D eigenvalue weighted by molar-refractivity contribution is -0.0690. The summed E-state index contributed by atoms with van der Waals surface area (Å²) in [6.45, 7) is 1.56. The maximum absolute atomic E-state index is 13.2. The number of carbonyl (C=O) groups excluding carboxylic acids is 1. The summed E-state index contributed by atoms with van der Waals surface area (Å²) in [5.74, 6) is 0. The average Bonchev–Trinajstić information content (AvgIpc) is 2.98. The molecule has 1 aromatic rings. The largest absolute Gasteiger partial charge is 0.388 e. The van der Waals surface area contributed by atoms with Gasteiger partial charge in [0, 0.05) is 18.6 Å². The summed E-state index contributed by atoms with van der Waals surface area (Å²) < 4.78 is 0. The third-order valence-corrected chi connectivity index (χ3v) is 7.63. The highest BCUT2D eigenvalue weighted by atomic mass is 16.3. The van der Waals surface area contributed by atoms with Crippen LogP contribution in [0.15, 0.2) is 30.3 Å². The third-order valence-electron chi connectivity index (χ3n) is 7.63. The number of rotatable bonds is 6. The number of nitrogens with one attached hydrogen (secondary N) is 1. The molecule has 4 rings (SSSR count). The van der Waals surface area contributed by atoms with Crippen molar-refractivity contribution < 1.29 is 9.90 Å². The molecule has 1 aliphatic heterocycles. The zero-order valence-electron chi connectivity index (χ0n) is 17.4. The van der Waals surface area contributed by atoms with Gasteiger partial charge in [0.1, 0.15) is 0 Å². The first kappa shape index (κ1) is 20.2. The van der Waals surface area contributed by atoms with Crippen LogP contribution in [0.2, 0.25) is 0 Å². The molecule has 0 bridgehead atoms. The first-order valence-corrected chi connectivity index (χ1v) is 10.9. The normalized spacial score (nSPS) is 31.0. The quantitative estimate of drug-likeness (QED) is 0.775. The molecule has 156 valence electrons. The summed E-state index contributed by atoms with van der Waals surface area (Å²) in [7, 11) is 2.03. The summed E-state index contributed by atoms with van der Waals surface area (Å²) in [5.41, 5.74) is 0.249. The number of aliphatic hydroxyl groups is 1. The van der Waals surface area contributed by atoms with Gasteiger partial charge in [0.2, 0.25) is 0 Å². The summed E-state index contributed by atoms with van der Waals surface area (Å²) in [5, 5.41) is 23.4. The van der Waals surface area contributed by atoms with Gasteiger partial charge < -0.3 is 20.2 Å². The molecule has 0 aromatic heterocycles. The molecule has 6 nitrogen and oxygen atoms in total. The molecule has 0 atom stereocenters. The molecule has 1 spiro atoms. The molecule has 2 aliphatic carbocycles. The van der Waals surface area contributed by atoms with Gasteiger partial charge in [-0.2, -0.15) is 5.26 Å². The van der Waals surface area contributed by atoms with Crippen molar-refractivity contribution >= 4 is 6.03 Å². The number of amides is 2. The van der Waals surface area contributed by atoms with Crippen LogP contribution < -0.4 is 5.32 Å². The maximum Gasteiger partial charge on any atom is 0.320 e. The number of β-amino-alcohol motifs (C(OH)–C–C–N with tert-alkyl or cyclic N) is 1. The van der Waals surface area contributed by atoms with Gasteiger partial charge in [0.15, 0.2) is 0 Å². The molecular formula is C23H32N4O2. The average molecular weight is 397 g/mol. The lowest BCUT2D eigenvalue weighted by Gasteiger charge is -2.50. The minimum atomic E-state index is -0.731. The van der Waals surface area contributed by atoms with Gasteiger partial charge in [0.25, 0.3) is 0 Å². The number of hydrogen-bond donors (Lipinski definition) is 2. The Balaban J connectivity index is 1.57. The highest BCUT2D eigenvalue weighted by molar-refractivity contribution is 5.78. The predicted octanol–water partition coefficient (Wildman–Crippen LogP) is 2.98. The van der Waals surface area contributed by atoms with Crippen molar-refractivity contribution in [1.29, 1.82) is 5.26 Å². The topological polar surface area (TPSA) is 79.6 Å². The van der Waals surface area contributed by atoms with Crippen LogP contribution in [0.4, 0.5) is 4.79 Å². The van der Waals surface area contributed by atoms with Crippen LogP contribution in [0.5, 0.6) is 0 Å². The molecule has 2 saturated carbocycles. The van der Waals surface area contributed by atoms with E-state index >= 15 is 0 Å². The van der Waals surface area contributed by atoms with E-state index in [1.165, 1.54) is 5.56 Å². The van der Waals surface area contributed by atoms with E-state index in [1.807, 2.05) is 22.9 Å². The zero-order chi connectivity index (χ0) is 20.5. The van der Waals surface area contributed by atoms with E-state index in [9.17, 15) is 9.90 Å². The highest BCUT2D eigenvalue weighted by Crippen LogP contribution is 2.48. The highest BCUT2D eigenvalue weighted by Gasteiger charge is 2.55. The number of nitriles is 1. The molecule has 2 N–H and O–H groups in total. The third kappa shape index (κ3) is 3.51. The molecule has 29 heavy (non-hydrogen) atoms. The van der Waals surface area contributed by atoms with Crippen LogP contribution in [0.25, 0.3) is 0 Å². The van der Waals surface area contributed by atoms with Crippen LogP contribution in [-0.2, 0) is 5.54 Å². The maximum atomic E-state index is 13.2. The van der Waals surface area contributed by atoms with Gasteiger partial charge in [-0.25, -0.2) is 4.79 Å². The lowest BCUT2D eigenvalue weighted by Crippen LogP contribution is -2.59. The molecule has 1 saturated heterocycles. The Morgan fingerprint density at radius 1 is 1.14 bits per heavy atom. The van der Waals surface area contributed by atoms with E-state index in [4.69, 9.17) is 5.26 Å². The second kappa shape index (κ2) is 7.62. The Hall–Kier alpha value is -2.10. The number of hydrogen-bond acceptors (Lipinski definition) is 4. The Labute approximate surface area is 173 Å². The van der Waals surface area contributed by atoms with Crippen molar-refractivity contribution in [3.05, 3.63) is 35.9 Å². The molecule has 3 aliphatic rings. The van der Waals surface area contributed by atoms with Gasteiger partial charge in [-0.05, 0) is 57.6 Å². The van der Waals surface area contributed by atoms with Crippen LogP contribution in [0, 0.1) is 11.3 Å². The van der Waals surface area contributed by atoms with Crippen molar-refractivity contribution in [1.82, 2.24) is 15.1 Å².